The number of nitrogens with one attached hydrogen (secondary N) is 3. The van der Waals surface area contributed by atoms with Gasteiger partial charge in [0.2, 0.25) is 0 Å². The zero-order chi connectivity index (χ0) is 18.4. The number of carbonyl (C=O) groups excluding carboxylic acids is 2. The summed E-state index contributed by atoms with van der Waals surface area (Å²) in [5, 5.41) is 0. The predicted octanol–water partition coefficient (Wildman–Crippen LogP) is 0.740. The van der Waals surface area contributed by atoms with Gasteiger partial charge in [-0.2, -0.15) is 0 Å². The van der Waals surface area contributed by atoms with E-state index in [1.807, 2.05) is 4.89 Å². The first-order valence-corrected chi connectivity index (χ1v) is 8.33. The van der Waals surface area contributed by atoms with Crippen LogP contribution in [0.1, 0.15) is 20.7 Å². The molecule has 2 rings (SSSR count). The van der Waals surface area contributed by atoms with E-state index in [9.17, 15) is 22.4 Å². The largest absolute Gasteiger partial charge is 0.290 e. The maximum atomic E-state index is 12.8. The van der Waals surface area contributed by atoms with Crippen LogP contribution >= 0.6 is 0 Å². The van der Waals surface area contributed by atoms with Crippen LogP contribution in [-0.2, 0) is 14.9 Å². The molecule has 2 aromatic carbocycles. The van der Waals surface area contributed by atoms with Crippen LogP contribution in [0, 0.1) is 5.82 Å². The number of hydrogen-bond donors (Lipinski definition) is 3. The van der Waals surface area contributed by atoms with Crippen molar-refractivity contribution in [3.63, 3.8) is 0 Å². The van der Waals surface area contributed by atoms with Gasteiger partial charge in [0.1, 0.15) is 5.82 Å². The van der Waals surface area contributed by atoms with Crippen LogP contribution in [-0.4, -0.2) is 27.3 Å². The van der Waals surface area contributed by atoms with Gasteiger partial charge in [-0.25, -0.2) is 12.8 Å². The summed E-state index contributed by atoms with van der Waals surface area (Å²) in [5.41, 5.74) is 4.63. The third-order valence-electron chi connectivity index (χ3n) is 3.02. The predicted molar refractivity (Wildman–Crippen MR) is 85.1 cm³/mol. The summed E-state index contributed by atoms with van der Waals surface area (Å²) in [6.45, 7) is 0. The Kier molecular flexibility index (Phi) is 5.80. The summed E-state index contributed by atoms with van der Waals surface area (Å²) < 4.78 is 36.2. The highest BCUT2D eigenvalue weighted by atomic mass is 32.2. The molecule has 3 N–H and O–H groups in total. The maximum absolute atomic E-state index is 12.8. The second-order valence-corrected chi connectivity index (χ2v) is 6.38. The Morgan fingerprint density at radius 3 is 1.76 bits per heavy atom. The first-order chi connectivity index (χ1) is 11.8. The van der Waals surface area contributed by atoms with Crippen LogP contribution in [0.5, 0.6) is 0 Å². The molecule has 0 radical (unpaired) electrons. The summed E-state index contributed by atoms with van der Waals surface area (Å²) in [6.07, 6.45) is 0. The Bertz CT molecular complexity index is 867. The molecule has 0 heterocycles. The molecule has 0 fully saturated rings. The molecule has 0 saturated heterocycles. The van der Waals surface area contributed by atoms with Crippen molar-refractivity contribution in [2.24, 2.45) is 0 Å². The van der Waals surface area contributed by atoms with Crippen molar-refractivity contribution in [2.75, 3.05) is 7.11 Å². The van der Waals surface area contributed by atoms with Crippen molar-refractivity contribution in [3.05, 3.63) is 65.5 Å². The van der Waals surface area contributed by atoms with E-state index in [4.69, 9.17) is 0 Å². The van der Waals surface area contributed by atoms with Gasteiger partial charge in [0.25, 0.3) is 21.8 Å². The lowest BCUT2D eigenvalue weighted by atomic mass is 10.2. The number of hydrazine groups is 1. The first-order valence-electron chi connectivity index (χ1n) is 6.84. The minimum absolute atomic E-state index is 0.0961. The van der Waals surface area contributed by atoms with E-state index < -0.39 is 27.7 Å². The summed E-state index contributed by atoms with van der Waals surface area (Å²) in [6, 6.07) is 9.70. The van der Waals surface area contributed by atoms with Gasteiger partial charge in [0, 0.05) is 11.1 Å². The molecule has 0 saturated carbocycles. The van der Waals surface area contributed by atoms with E-state index in [2.05, 4.69) is 15.7 Å². The fourth-order valence-corrected chi connectivity index (χ4v) is 2.61. The van der Waals surface area contributed by atoms with Crippen LogP contribution in [0.25, 0.3) is 0 Å². The molecule has 25 heavy (non-hydrogen) atoms. The highest BCUT2D eigenvalue weighted by Crippen LogP contribution is 2.10. The molecule has 0 spiro atoms. The lowest BCUT2D eigenvalue weighted by Crippen LogP contribution is -2.41. The Labute approximate surface area is 143 Å². The van der Waals surface area contributed by atoms with Gasteiger partial charge < -0.3 is 0 Å². The lowest BCUT2D eigenvalue weighted by molar-refractivity contribution is 0.0846. The van der Waals surface area contributed by atoms with Crippen molar-refractivity contribution < 1.29 is 27.2 Å². The molecular weight excluding hydrogens is 353 g/mol. The molecule has 0 bridgehead atoms. The summed E-state index contributed by atoms with van der Waals surface area (Å²) in [4.78, 5) is 29.9. The second-order valence-electron chi connectivity index (χ2n) is 4.73. The molecule has 10 heteroatoms. The Morgan fingerprint density at radius 1 is 0.880 bits per heavy atom. The third kappa shape index (κ3) is 4.83. The zero-order valence-corrected chi connectivity index (χ0v) is 13.8. The van der Waals surface area contributed by atoms with Gasteiger partial charge in [-0.05, 0) is 48.5 Å². The lowest BCUT2D eigenvalue weighted by Gasteiger charge is -2.08. The molecule has 0 aliphatic carbocycles. The minimum Gasteiger partial charge on any atom is -0.290 e. The molecular formula is C15H14FN3O5S. The Hall–Kier alpha value is -2.82. The van der Waals surface area contributed by atoms with E-state index in [0.717, 1.165) is 19.2 Å². The topological polar surface area (TPSA) is 114 Å². The smallest absolute Gasteiger partial charge is 0.269 e. The molecule has 0 aliphatic heterocycles. The number of halogens is 1. The van der Waals surface area contributed by atoms with Crippen molar-refractivity contribution in [1.82, 2.24) is 15.7 Å². The van der Waals surface area contributed by atoms with Gasteiger partial charge in [0.15, 0.2) is 0 Å². The summed E-state index contributed by atoms with van der Waals surface area (Å²) in [7, 11) is -2.67. The molecule has 0 unspecified atom stereocenters. The number of carbonyl (C=O) groups is 2. The third-order valence-corrected chi connectivity index (χ3v) is 4.29. The van der Waals surface area contributed by atoms with Crippen LogP contribution in [0.4, 0.5) is 4.39 Å². The van der Waals surface area contributed by atoms with Crippen molar-refractivity contribution >= 4 is 21.8 Å². The number of sulfonamides is 1. The zero-order valence-electron chi connectivity index (χ0n) is 12.9. The Morgan fingerprint density at radius 2 is 1.32 bits per heavy atom. The van der Waals surface area contributed by atoms with E-state index in [1.165, 1.54) is 36.4 Å². The number of hydrogen-bond acceptors (Lipinski definition) is 5. The fourth-order valence-electron chi connectivity index (χ4n) is 1.80. The quantitative estimate of drug-likeness (QED) is 0.675. The van der Waals surface area contributed by atoms with Crippen molar-refractivity contribution in [3.8, 4) is 0 Å². The normalized spacial score (nSPS) is 11.0. The van der Waals surface area contributed by atoms with Crippen molar-refractivity contribution in [1.29, 1.82) is 0 Å². The first kappa shape index (κ1) is 18.5. The van der Waals surface area contributed by atoms with Gasteiger partial charge in [-0.15, -0.1) is 0 Å². The van der Waals surface area contributed by atoms with Crippen LogP contribution < -0.4 is 15.7 Å². The fraction of sp³-hybridized carbons (Fsp3) is 0.0667. The van der Waals surface area contributed by atoms with Crippen LogP contribution in [0.3, 0.4) is 0 Å². The van der Waals surface area contributed by atoms with E-state index >= 15 is 0 Å². The monoisotopic (exact) mass is 367 g/mol. The molecule has 132 valence electrons. The molecule has 0 atom stereocenters. The minimum atomic E-state index is -3.82. The number of benzene rings is 2. The Balaban J connectivity index is 1.99. The van der Waals surface area contributed by atoms with E-state index in [-0.39, 0.29) is 16.0 Å². The van der Waals surface area contributed by atoms with Gasteiger partial charge in [-0.3, -0.25) is 25.3 Å². The highest BCUT2D eigenvalue weighted by molar-refractivity contribution is 7.89. The standard InChI is InChI=1S/C15H14FN3O5S/c1-24-19-25(22,23)13-8-4-11(5-9-13)15(21)18-17-14(20)10-2-6-12(16)7-3-10/h2-9,19H,1H3,(H,17,20)(H,18,21). The van der Waals surface area contributed by atoms with E-state index in [1.54, 1.807) is 0 Å². The van der Waals surface area contributed by atoms with Crippen LogP contribution in [0.2, 0.25) is 0 Å². The number of amides is 2. The summed E-state index contributed by atoms with van der Waals surface area (Å²) in [5.74, 6) is -1.77. The molecule has 2 amide bonds. The molecule has 0 aromatic heterocycles. The second kappa shape index (κ2) is 7.83. The van der Waals surface area contributed by atoms with Gasteiger partial charge >= 0.3 is 0 Å². The maximum Gasteiger partial charge on any atom is 0.269 e. The molecule has 8 nitrogen and oxygen atoms in total. The SMILES string of the molecule is CONS(=O)(=O)c1ccc(C(=O)NNC(=O)c2ccc(F)cc2)cc1. The number of rotatable bonds is 5. The van der Waals surface area contributed by atoms with E-state index in [0.29, 0.717) is 0 Å². The average molecular weight is 367 g/mol. The van der Waals surface area contributed by atoms with Crippen molar-refractivity contribution in [2.45, 2.75) is 4.90 Å². The van der Waals surface area contributed by atoms with Crippen LogP contribution in [0.15, 0.2) is 53.4 Å². The molecule has 2 aromatic rings. The molecule has 0 aliphatic rings. The van der Waals surface area contributed by atoms with Gasteiger partial charge in [0.05, 0.1) is 12.0 Å². The average Bonchev–Trinajstić information content (AvgIpc) is 2.60. The highest BCUT2D eigenvalue weighted by Gasteiger charge is 2.15. The summed E-state index contributed by atoms with van der Waals surface area (Å²) >= 11 is 0. The van der Waals surface area contributed by atoms with Gasteiger partial charge in [-0.1, -0.05) is 4.89 Å².